The van der Waals surface area contributed by atoms with Crippen molar-refractivity contribution in [2.24, 2.45) is 5.11 Å². The number of aromatic amines is 1. The average Bonchev–Trinajstić information content (AvgIpc) is 2.80. The van der Waals surface area contributed by atoms with E-state index >= 15 is 0 Å². The van der Waals surface area contributed by atoms with Gasteiger partial charge in [0, 0.05) is 16.9 Å². The number of nitrogens with zero attached hydrogens (tertiary/aromatic N) is 5. The van der Waals surface area contributed by atoms with Gasteiger partial charge in [-0.15, -0.1) is 15.0 Å². The highest BCUT2D eigenvalue weighted by Gasteiger charge is 2.01. The summed E-state index contributed by atoms with van der Waals surface area (Å²) in [4.78, 5) is 4.45. The molecular formula is C10H19N6P2+. The summed E-state index contributed by atoms with van der Waals surface area (Å²) < 4.78 is 0. The summed E-state index contributed by atoms with van der Waals surface area (Å²) in [7, 11) is 0.535. The van der Waals surface area contributed by atoms with Crippen LogP contribution in [0, 0.1) is 19.0 Å². The highest BCUT2D eigenvalue weighted by molar-refractivity contribution is 7.62. The van der Waals surface area contributed by atoms with Gasteiger partial charge in [-0.2, -0.15) is 5.10 Å². The Balaban J connectivity index is 0.000000331. The lowest BCUT2D eigenvalue weighted by molar-refractivity contribution is -0.496. The molecule has 1 aromatic rings. The molecule has 1 N–H and O–H groups in total. The maximum Gasteiger partial charge on any atom is 0.215 e. The van der Waals surface area contributed by atoms with Gasteiger partial charge in [-0.05, 0) is 37.7 Å². The number of H-pyrrole nitrogens is 1. The molecule has 0 bridgehead atoms. The Bertz CT molecular complexity index is 418. The lowest BCUT2D eigenvalue weighted by Gasteiger charge is -1.92. The van der Waals surface area contributed by atoms with Crippen LogP contribution >= 0.6 is 16.5 Å². The van der Waals surface area contributed by atoms with Crippen LogP contribution < -0.4 is 5.10 Å². The Morgan fingerprint density at radius 3 is 2.94 bits per heavy atom. The fourth-order valence-corrected chi connectivity index (χ4v) is 1.68. The van der Waals surface area contributed by atoms with E-state index in [9.17, 15) is 0 Å². The third kappa shape index (κ3) is 8.96. The third-order valence-electron chi connectivity index (χ3n) is 1.83. The first kappa shape index (κ1) is 16.9. The predicted octanol–water partition coefficient (Wildman–Crippen LogP) is 2.27. The second kappa shape index (κ2) is 11.0. The van der Waals surface area contributed by atoms with Crippen molar-refractivity contribution in [2.75, 3.05) is 25.8 Å². The highest BCUT2D eigenvalue weighted by atomic mass is 31.1. The van der Waals surface area contributed by atoms with Gasteiger partial charge in [-0.25, -0.2) is 0 Å². The van der Waals surface area contributed by atoms with Crippen LogP contribution in [0.1, 0.15) is 5.69 Å². The van der Waals surface area contributed by atoms with Crippen molar-refractivity contribution in [2.45, 2.75) is 13.5 Å². The Hall–Kier alpha value is -1.13. The van der Waals surface area contributed by atoms with Crippen molar-refractivity contribution in [3.63, 3.8) is 0 Å². The molecule has 0 aliphatic rings. The van der Waals surface area contributed by atoms with Crippen LogP contribution in [-0.2, 0) is 6.54 Å². The number of terminal acetylenes is 1. The molecule has 0 saturated carbocycles. The monoisotopic (exact) mass is 285 g/mol. The molecule has 1 rings (SSSR count). The zero-order valence-corrected chi connectivity index (χ0v) is 12.9. The number of rotatable bonds is 5. The van der Waals surface area contributed by atoms with Crippen LogP contribution in [0.4, 0.5) is 0 Å². The van der Waals surface area contributed by atoms with E-state index in [-0.39, 0.29) is 0 Å². The van der Waals surface area contributed by atoms with Crippen LogP contribution in [0.2, 0.25) is 0 Å². The number of hydrogen-bond donors (Lipinski definition) is 0. The molecule has 2 atom stereocenters. The second-order valence-electron chi connectivity index (χ2n) is 3.44. The van der Waals surface area contributed by atoms with Crippen molar-refractivity contribution in [1.82, 2.24) is 9.90 Å². The van der Waals surface area contributed by atoms with Crippen molar-refractivity contribution in [1.29, 1.82) is 0 Å². The van der Waals surface area contributed by atoms with Gasteiger partial charge in [0.25, 0.3) is 0 Å². The molecule has 0 aromatic carbocycles. The maximum atomic E-state index is 7.81. The first-order valence-corrected chi connectivity index (χ1v) is 9.07. The molecule has 0 aliphatic carbocycles. The van der Waals surface area contributed by atoms with E-state index in [4.69, 9.17) is 12.0 Å². The molecule has 0 radical (unpaired) electrons. The smallest absolute Gasteiger partial charge is 0.174 e. The van der Waals surface area contributed by atoms with Gasteiger partial charge in [-0.1, -0.05) is 10.8 Å². The largest absolute Gasteiger partial charge is 0.215 e. The molecule has 0 spiro atoms. The summed E-state index contributed by atoms with van der Waals surface area (Å²) in [5.74, 6) is 0. The van der Waals surface area contributed by atoms with Gasteiger partial charge < -0.3 is 0 Å². The first-order valence-electron chi connectivity index (χ1n) is 5.39. The number of aryl methyl sites for hydroxylation is 2. The summed E-state index contributed by atoms with van der Waals surface area (Å²) in [5.41, 5.74) is 11.4. The van der Waals surface area contributed by atoms with Crippen LogP contribution in [0.25, 0.3) is 10.4 Å². The molecule has 18 heavy (non-hydrogen) atoms. The topological polar surface area (TPSA) is 80.7 Å². The third-order valence-corrected chi connectivity index (χ3v) is 3.55. The Kier molecular flexibility index (Phi) is 10.3. The quantitative estimate of drug-likeness (QED) is 0.268. The summed E-state index contributed by atoms with van der Waals surface area (Å²) in [6, 6.07) is 0. The van der Waals surface area contributed by atoms with E-state index in [1.807, 2.05) is 24.6 Å². The second-order valence-corrected chi connectivity index (χ2v) is 6.58. The number of hydrogen-bond acceptors (Lipinski definition) is 2. The normalized spacial score (nSPS) is 11.2. The predicted molar refractivity (Wildman–Crippen MR) is 78.3 cm³/mol. The zero-order valence-electron chi connectivity index (χ0n) is 11.0. The van der Waals surface area contributed by atoms with E-state index in [0.29, 0.717) is 6.29 Å². The van der Waals surface area contributed by atoms with Crippen molar-refractivity contribution in [3.8, 4) is 12.1 Å². The van der Waals surface area contributed by atoms with E-state index < -0.39 is 7.92 Å². The van der Waals surface area contributed by atoms with Crippen LogP contribution in [-0.4, -0.2) is 35.7 Å². The Morgan fingerprint density at radius 2 is 2.50 bits per heavy atom. The standard InChI is InChI=1S/C6H12N3P.C4H6N3P/c1-6-5-7-9(8-6)3-4-10-2;1-3-8(2)4-6-7-5/h5,10H,3-4H2,1-2H3;1H,4H2,2H3/p+1. The van der Waals surface area contributed by atoms with Gasteiger partial charge in [0.2, 0.25) is 5.69 Å². The van der Waals surface area contributed by atoms with E-state index in [0.717, 1.165) is 20.8 Å². The van der Waals surface area contributed by atoms with Gasteiger partial charge in [0.05, 0.1) is 6.29 Å². The minimum absolute atomic E-state index is 0.461. The lowest BCUT2D eigenvalue weighted by atomic mass is 10.6. The van der Waals surface area contributed by atoms with Gasteiger partial charge in [0.15, 0.2) is 6.20 Å². The Labute approximate surface area is 111 Å². The van der Waals surface area contributed by atoms with Crippen molar-refractivity contribution >= 4 is 16.5 Å². The first-order chi connectivity index (χ1) is 8.63. The number of azide groups is 1. The Morgan fingerprint density at radius 1 is 1.78 bits per heavy atom. The molecule has 1 heterocycles. The number of aromatic nitrogens is 3. The van der Waals surface area contributed by atoms with Crippen molar-refractivity contribution < 1.29 is 5.10 Å². The van der Waals surface area contributed by atoms with Crippen LogP contribution in [0.15, 0.2) is 11.3 Å². The van der Waals surface area contributed by atoms with Crippen molar-refractivity contribution in [3.05, 3.63) is 22.3 Å². The summed E-state index contributed by atoms with van der Waals surface area (Å²) >= 11 is 0. The van der Waals surface area contributed by atoms with E-state index in [1.54, 1.807) is 0 Å². The average molecular weight is 285 g/mol. The lowest BCUT2D eigenvalue weighted by Crippen LogP contribution is -2.19. The molecule has 6 nitrogen and oxygen atoms in total. The molecule has 0 amide bonds. The van der Waals surface area contributed by atoms with Crippen LogP contribution in [0.3, 0.4) is 0 Å². The number of nitrogens with one attached hydrogen (secondary N) is 1. The van der Waals surface area contributed by atoms with Gasteiger partial charge in [-0.3, -0.25) is 0 Å². The molecule has 2 unspecified atom stereocenters. The maximum absolute atomic E-state index is 7.81. The summed E-state index contributed by atoms with van der Waals surface area (Å²) in [5, 5.41) is 10.6. The zero-order chi connectivity index (χ0) is 13.8. The summed E-state index contributed by atoms with van der Waals surface area (Å²) in [6.45, 7) is 7.10. The fraction of sp³-hybridized carbons (Fsp3) is 0.600. The highest BCUT2D eigenvalue weighted by Crippen LogP contribution is 2.27. The molecule has 98 valence electrons. The minimum atomic E-state index is -0.477. The molecule has 1 aromatic heterocycles. The summed E-state index contributed by atoms with van der Waals surface area (Å²) in [6.07, 6.45) is 8.60. The SMILES string of the molecule is C#CP(C)CN=[N+]=[N-].CPCCn1nc(C)c[nH+]1. The van der Waals surface area contributed by atoms with E-state index in [2.05, 4.69) is 32.5 Å². The van der Waals surface area contributed by atoms with Gasteiger partial charge >= 0.3 is 0 Å². The molecular weight excluding hydrogens is 266 g/mol. The molecule has 0 saturated heterocycles. The fourth-order valence-electron chi connectivity index (χ4n) is 0.912. The van der Waals surface area contributed by atoms with Crippen LogP contribution in [0.5, 0.6) is 0 Å². The van der Waals surface area contributed by atoms with E-state index in [1.165, 1.54) is 6.16 Å². The molecule has 8 heteroatoms. The van der Waals surface area contributed by atoms with Gasteiger partial charge in [0.1, 0.15) is 6.54 Å². The minimum Gasteiger partial charge on any atom is -0.174 e. The molecule has 0 fully saturated rings. The molecule has 0 aliphatic heterocycles.